The first-order chi connectivity index (χ1) is 8.16. The molecule has 18 heavy (non-hydrogen) atoms. The second-order valence-corrected chi connectivity index (χ2v) is 5.41. The lowest BCUT2D eigenvalue weighted by Gasteiger charge is -2.23. The molecule has 1 aliphatic heterocycles. The Morgan fingerprint density at radius 2 is 2.28 bits per heavy atom. The van der Waals surface area contributed by atoms with Crippen molar-refractivity contribution in [1.82, 2.24) is 10.6 Å². The summed E-state index contributed by atoms with van der Waals surface area (Å²) in [5.74, 6) is -0.0619. The second kappa shape index (κ2) is 7.34. The molecule has 6 heteroatoms. The molecule has 2 N–H and O–H groups in total. The fourth-order valence-electron chi connectivity index (χ4n) is 1.88. The highest BCUT2D eigenvalue weighted by atomic mass is 79.9. The molecule has 1 aromatic carbocycles. The van der Waals surface area contributed by atoms with Crippen molar-refractivity contribution < 1.29 is 4.79 Å². The molecular formula is C12H15BrCl2N2O. The lowest BCUT2D eigenvalue weighted by atomic mass is 10.1. The third-order valence-corrected chi connectivity index (χ3v) is 4.05. The van der Waals surface area contributed by atoms with E-state index in [2.05, 4.69) is 26.6 Å². The number of nitrogens with one attached hydrogen (secondary N) is 2. The minimum Gasteiger partial charge on any atom is -0.348 e. The average molecular weight is 354 g/mol. The maximum atomic E-state index is 12.0. The minimum absolute atomic E-state index is 0. The Morgan fingerprint density at radius 3 is 2.89 bits per heavy atom. The van der Waals surface area contributed by atoms with Gasteiger partial charge in [-0.2, -0.15) is 0 Å². The highest BCUT2D eigenvalue weighted by Gasteiger charge is 2.16. The van der Waals surface area contributed by atoms with Gasteiger partial charge < -0.3 is 10.6 Å². The Kier molecular flexibility index (Phi) is 6.43. The predicted octanol–water partition coefficient (Wildman–Crippen LogP) is 3.01. The Bertz CT molecular complexity index is 423. The molecule has 1 aliphatic rings. The normalized spacial score (nSPS) is 18.9. The van der Waals surface area contributed by atoms with E-state index in [0.29, 0.717) is 10.6 Å². The zero-order valence-corrected chi connectivity index (χ0v) is 12.9. The maximum absolute atomic E-state index is 12.0. The van der Waals surface area contributed by atoms with E-state index < -0.39 is 0 Å². The maximum Gasteiger partial charge on any atom is 0.251 e. The molecule has 2 rings (SSSR count). The Morgan fingerprint density at radius 1 is 1.50 bits per heavy atom. The van der Waals surface area contributed by atoms with Gasteiger partial charge in [-0.15, -0.1) is 12.4 Å². The molecule has 1 aromatic rings. The second-order valence-electron chi connectivity index (χ2n) is 4.15. The summed E-state index contributed by atoms with van der Waals surface area (Å²) in [6.07, 6.45) is 2.13. The average Bonchev–Trinajstić information content (AvgIpc) is 2.34. The Hall–Kier alpha value is -0.290. The van der Waals surface area contributed by atoms with Gasteiger partial charge >= 0.3 is 0 Å². The van der Waals surface area contributed by atoms with Crippen LogP contribution in [0.1, 0.15) is 23.2 Å². The van der Waals surface area contributed by atoms with E-state index in [-0.39, 0.29) is 24.4 Å². The molecule has 0 aliphatic carbocycles. The zero-order chi connectivity index (χ0) is 12.3. The number of rotatable bonds is 2. The number of benzene rings is 1. The Labute approximate surface area is 126 Å². The molecule has 1 saturated heterocycles. The van der Waals surface area contributed by atoms with E-state index in [4.69, 9.17) is 11.6 Å². The summed E-state index contributed by atoms with van der Waals surface area (Å²) in [6, 6.07) is 5.45. The number of amides is 1. The fourth-order valence-corrected chi connectivity index (χ4v) is 2.31. The van der Waals surface area contributed by atoms with Crippen LogP contribution in [0.3, 0.4) is 0 Å². The van der Waals surface area contributed by atoms with Gasteiger partial charge in [0.25, 0.3) is 5.91 Å². The summed E-state index contributed by atoms with van der Waals surface area (Å²) >= 11 is 9.26. The van der Waals surface area contributed by atoms with Gasteiger partial charge in [0.05, 0.1) is 5.02 Å². The quantitative estimate of drug-likeness (QED) is 0.858. The van der Waals surface area contributed by atoms with Crippen molar-refractivity contribution in [2.45, 2.75) is 18.9 Å². The van der Waals surface area contributed by atoms with E-state index in [0.717, 1.165) is 30.4 Å². The van der Waals surface area contributed by atoms with Crippen molar-refractivity contribution in [3.05, 3.63) is 33.3 Å². The highest BCUT2D eigenvalue weighted by Crippen LogP contribution is 2.23. The van der Waals surface area contributed by atoms with E-state index in [1.807, 2.05) is 0 Å². The van der Waals surface area contributed by atoms with Crippen molar-refractivity contribution in [3.8, 4) is 0 Å². The van der Waals surface area contributed by atoms with E-state index in [1.165, 1.54) is 0 Å². The van der Waals surface area contributed by atoms with Crippen LogP contribution in [0.15, 0.2) is 22.7 Å². The van der Waals surface area contributed by atoms with Gasteiger partial charge in [0.2, 0.25) is 0 Å². The van der Waals surface area contributed by atoms with Gasteiger partial charge in [0.15, 0.2) is 0 Å². The first-order valence-electron chi connectivity index (χ1n) is 5.63. The van der Waals surface area contributed by atoms with Crippen LogP contribution in [-0.2, 0) is 0 Å². The summed E-state index contributed by atoms with van der Waals surface area (Å²) in [7, 11) is 0. The summed E-state index contributed by atoms with van der Waals surface area (Å²) in [5, 5.41) is 6.83. The molecule has 1 heterocycles. The third kappa shape index (κ3) is 4.12. The number of hydrogen-bond donors (Lipinski definition) is 2. The first kappa shape index (κ1) is 15.8. The third-order valence-electron chi connectivity index (χ3n) is 2.81. The SMILES string of the molecule is Cl.O=C(NC1CCCNC1)c1ccc(Br)c(Cl)c1. The molecular weight excluding hydrogens is 339 g/mol. The first-order valence-corrected chi connectivity index (χ1v) is 6.80. The van der Waals surface area contributed by atoms with Crippen LogP contribution in [0.4, 0.5) is 0 Å². The molecule has 1 atom stereocenters. The van der Waals surface area contributed by atoms with Crippen LogP contribution in [0.5, 0.6) is 0 Å². The molecule has 1 amide bonds. The predicted molar refractivity (Wildman–Crippen MR) is 79.8 cm³/mol. The lowest BCUT2D eigenvalue weighted by molar-refractivity contribution is 0.0930. The largest absolute Gasteiger partial charge is 0.348 e. The Balaban J connectivity index is 0.00000162. The number of halogens is 3. The van der Waals surface area contributed by atoms with Gasteiger partial charge in [-0.25, -0.2) is 0 Å². The van der Waals surface area contributed by atoms with Crippen LogP contribution in [0.25, 0.3) is 0 Å². The number of carbonyl (C=O) groups is 1. The number of piperidine rings is 1. The van der Waals surface area contributed by atoms with Crippen molar-refractivity contribution in [3.63, 3.8) is 0 Å². The van der Waals surface area contributed by atoms with Crippen LogP contribution in [-0.4, -0.2) is 25.0 Å². The van der Waals surface area contributed by atoms with Crippen molar-refractivity contribution in [2.24, 2.45) is 0 Å². The molecule has 100 valence electrons. The molecule has 0 saturated carbocycles. The lowest BCUT2D eigenvalue weighted by Crippen LogP contribution is -2.45. The van der Waals surface area contributed by atoms with Crippen LogP contribution in [0.2, 0.25) is 5.02 Å². The molecule has 1 fully saturated rings. The van der Waals surface area contributed by atoms with Crippen molar-refractivity contribution in [1.29, 1.82) is 0 Å². The van der Waals surface area contributed by atoms with Gasteiger partial charge in [0, 0.05) is 22.6 Å². The van der Waals surface area contributed by atoms with Crippen LogP contribution >= 0.6 is 39.9 Å². The fraction of sp³-hybridized carbons (Fsp3) is 0.417. The van der Waals surface area contributed by atoms with Gasteiger partial charge in [-0.05, 0) is 53.5 Å². The molecule has 0 bridgehead atoms. The molecule has 1 unspecified atom stereocenters. The zero-order valence-electron chi connectivity index (χ0n) is 9.71. The standard InChI is InChI=1S/C12H14BrClN2O.ClH/c13-10-4-3-8(6-11(10)14)12(17)16-9-2-1-5-15-7-9;/h3-4,6,9,15H,1-2,5,7H2,(H,16,17);1H. The van der Waals surface area contributed by atoms with Crippen LogP contribution in [0, 0.1) is 0 Å². The highest BCUT2D eigenvalue weighted by molar-refractivity contribution is 9.10. The van der Waals surface area contributed by atoms with Gasteiger partial charge in [-0.3, -0.25) is 4.79 Å². The molecule has 0 radical (unpaired) electrons. The topological polar surface area (TPSA) is 41.1 Å². The molecule has 3 nitrogen and oxygen atoms in total. The summed E-state index contributed by atoms with van der Waals surface area (Å²) < 4.78 is 0.801. The van der Waals surface area contributed by atoms with Crippen LogP contribution < -0.4 is 10.6 Å². The number of carbonyl (C=O) groups excluding carboxylic acids is 1. The summed E-state index contributed by atoms with van der Waals surface area (Å²) in [5.41, 5.74) is 0.601. The molecule has 0 aromatic heterocycles. The van der Waals surface area contributed by atoms with E-state index >= 15 is 0 Å². The van der Waals surface area contributed by atoms with Gasteiger partial charge in [0.1, 0.15) is 0 Å². The minimum atomic E-state index is -0.0619. The summed E-state index contributed by atoms with van der Waals surface area (Å²) in [6.45, 7) is 1.88. The van der Waals surface area contributed by atoms with Crippen molar-refractivity contribution in [2.75, 3.05) is 13.1 Å². The molecule has 0 spiro atoms. The van der Waals surface area contributed by atoms with Gasteiger partial charge in [-0.1, -0.05) is 11.6 Å². The summed E-state index contributed by atoms with van der Waals surface area (Å²) in [4.78, 5) is 12.0. The van der Waals surface area contributed by atoms with Crippen molar-refractivity contribution >= 4 is 45.8 Å². The number of hydrogen-bond acceptors (Lipinski definition) is 2. The van der Waals surface area contributed by atoms with E-state index in [1.54, 1.807) is 18.2 Å². The van der Waals surface area contributed by atoms with E-state index in [9.17, 15) is 4.79 Å². The monoisotopic (exact) mass is 352 g/mol. The smallest absolute Gasteiger partial charge is 0.251 e.